The maximum absolute atomic E-state index is 10.6. The molecule has 548 valence electrons. The molecule has 6 aromatic rings. The lowest BCUT2D eigenvalue weighted by molar-refractivity contribution is -0.255. The van der Waals surface area contributed by atoms with Crippen molar-refractivity contribution >= 4 is 66.2 Å². The van der Waals surface area contributed by atoms with Crippen molar-refractivity contribution in [3.8, 4) is 0 Å². The summed E-state index contributed by atoms with van der Waals surface area (Å²) in [5.74, 6) is -2.28. The van der Waals surface area contributed by atoms with E-state index in [1.165, 1.54) is 17.5 Å². The lowest BCUT2D eigenvalue weighted by atomic mass is 9.97. The van der Waals surface area contributed by atoms with Crippen LogP contribution in [0.4, 0.5) is 0 Å². The average molecular weight is 1450 g/mol. The zero-order valence-electron chi connectivity index (χ0n) is 61.6. The number of halogens is 1. The van der Waals surface area contributed by atoms with E-state index in [0.717, 1.165) is 20.7 Å². The molecule has 0 bridgehead atoms. The van der Waals surface area contributed by atoms with Crippen LogP contribution in [0.15, 0.2) is 182 Å². The van der Waals surface area contributed by atoms with Crippen LogP contribution in [0.25, 0.3) is 0 Å². The molecule has 0 radical (unpaired) electrons. The van der Waals surface area contributed by atoms with Gasteiger partial charge in [-0.25, -0.2) is 0 Å². The second-order valence-corrected chi connectivity index (χ2v) is 45.4. The molecule has 12 rings (SSSR count). The maximum Gasteiger partial charge on any atom is 0.261 e. The third-order valence-corrected chi connectivity index (χ3v) is 37.2. The van der Waals surface area contributed by atoms with Crippen molar-refractivity contribution in [3.63, 3.8) is 0 Å². The van der Waals surface area contributed by atoms with E-state index in [2.05, 4.69) is 208 Å². The molecule has 6 aliphatic rings. The first-order chi connectivity index (χ1) is 47.1. The van der Waals surface area contributed by atoms with Crippen molar-refractivity contribution in [2.45, 2.75) is 209 Å². The van der Waals surface area contributed by atoms with E-state index in [9.17, 15) is 20.4 Å². The topological polar surface area (TPSA) is 210 Å². The van der Waals surface area contributed by atoms with Crippen molar-refractivity contribution in [1.82, 2.24) is 0 Å². The van der Waals surface area contributed by atoms with Gasteiger partial charge >= 0.3 is 0 Å². The highest BCUT2D eigenvalue weighted by Crippen LogP contribution is 2.49. The number of methoxy groups -OCH3 is 3. The third-order valence-electron chi connectivity index (χ3n) is 19.9. The van der Waals surface area contributed by atoms with E-state index in [4.69, 9.17) is 76.8 Å². The Morgan fingerprint density at radius 2 is 0.550 bits per heavy atom. The van der Waals surface area contributed by atoms with Crippen LogP contribution >= 0.6 is 11.1 Å². The van der Waals surface area contributed by atoms with E-state index >= 15 is 0 Å². The molecule has 22 heteroatoms. The van der Waals surface area contributed by atoms with Gasteiger partial charge in [0.1, 0.15) is 53.4 Å². The normalized spacial score (nSPS) is 27.9. The van der Waals surface area contributed by atoms with Crippen LogP contribution in [0.2, 0.25) is 15.1 Å². The van der Waals surface area contributed by atoms with Crippen molar-refractivity contribution in [1.29, 1.82) is 0 Å². The number of fused-ring (bicyclic) bond motifs is 3. The van der Waals surface area contributed by atoms with Gasteiger partial charge in [0.2, 0.25) is 7.38 Å². The molecule has 6 saturated heterocycles. The molecule has 0 aliphatic carbocycles. The standard InChI is InChI=1S/2C26H36O6Si.C16H19ClSi.C10H18O6/c2*1-24(2,3)33(19-13-9-7-10-14-19,20-15-11-8-12-16-20)29-18-26(17-27)22(28-6)21-23(32-26)31-25(4,5)30-21;1-16(2,3)18(17,14-10-6-4-7-11-14)15-12-8-5-9-13-15;1-9(2)14-6-7(13-3)10(4-11,5-12)16-8(6)15-9/h2*7-16,21-23,27H,17-18H2,1-6H3;4-13H,1-3H3;6-8,11-12H,4-5H2,1-3H3/t21-,22-,23+,26+;21-,22-,23+,26-;;6-,7-,8+/m11.1/s1. The highest BCUT2D eigenvalue weighted by molar-refractivity contribution is 7.35. The van der Waals surface area contributed by atoms with Gasteiger partial charge in [-0.1, -0.05) is 244 Å². The Morgan fingerprint density at radius 1 is 0.330 bits per heavy atom. The fraction of sp³-hybridized carbons (Fsp3) is 0.538. The predicted octanol–water partition coefficient (Wildman–Crippen LogP) is 8.65. The Labute approximate surface area is 600 Å². The maximum atomic E-state index is 10.6. The molecule has 6 aromatic carbocycles. The number of benzene rings is 6. The van der Waals surface area contributed by atoms with Crippen molar-refractivity contribution in [2.75, 3.05) is 61.0 Å². The van der Waals surface area contributed by atoms with Gasteiger partial charge in [0.05, 0.1) is 39.6 Å². The molecule has 18 nitrogen and oxygen atoms in total. The van der Waals surface area contributed by atoms with E-state index in [0.29, 0.717) is 0 Å². The van der Waals surface area contributed by atoms with Crippen LogP contribution in [0.5, 0.6) is 0 Å². The first-order valence-electron chi connectivity index (χ1n) is 34.5. The smallest absolute Gasteiger partial charge is 0.261 e. The summed E-state index contributed by atoms with van der Waals surface area (Å²) >= 11 is 7.21. The molecule has 6 fully saturated rings. The minimum absolute atomic E-state index is 0.0667. The van der Waals surface area contributed by atoms with Crippen molar-refractivity contribution < 1.29 is 86.1 Å². The fourth-order valence-corrected chi connectivity index (χ4v) is 28.6. The molecule has 0 spiro atoms. The van der Waals surface area contributed by atoms with Crippen LogP contribution in [-0.2, 0) is 65.7 Å². The van der Waals surface area contributed by atoms with E-state index in [1.807, 2.05) is 64.1 Å². The summed E-state index contributed by atoms with van der Waals surface area (Å²) in [6, 6.07) is 62.7. The summed E-state index contributed by atoms with van der Waals surface area (Å²) in [6.07, 6.45) is -4.80. The van der Waals surface area contributed by atoms with Crippen LogP contribution < -0.4 is 31.1 Å². The largest absolute Gasteiger partial charge is 0.404 e. The number of rotatable bonds is 19. The lowest BCUT2D eigenvalue weighted by Crippen LogP contribution is -2.68. The first-order valence-corrected chi connectivity index (χ1v) is 41.4. The van der Waals surface area contributed by atoms with Gasteiger partial charge in [-0.15, -0.1) is 0 Å². The first kappa shape index (κ1) is 79.7. The van der Waals surface area contributed by atoms with Gasteiger partial charge in [-0.05, 0) is 87.8 Å². The van der Waals surface area contributed by atoms with Crippen molar-refractivity contribution in [3.05, 3.63) is 182 Å². The average Bonchev–Trinajstić information content (AvgIpc) is 1.64. The second kappa shape index (κ2) is 31.3. The number of aliphatic hydroxyl groups excluding tert-OH is 4. The Balaban J connectivity index is 0.000000163. The summed E-state index contributed by atoms with van der Waals surface area (Å²) in [5, 5.41) is 46.7. The van der Waals surface area contributed by atoms with E-state index in [-0.39, 0.29) is 54.8 Å². The molecule has 0 aromatic heterocycles. The number of aliphatic hydroxyl groups is 4. The fourth-order valence-electron chi connectivity index (χ4n) is 15.2. The lowest BCUT2D eigenvalue weighted by Gasteiger charge is -2.45. The van der Waals surface area contributed by atoms with Crippen molar-refractivity contribution in [2.24, 2.45) is 0 Å². The van der Waals surface area contributed by atoms with Crippen LogP contribution in [-0.4, -0.2) is 195 Å². The number of hydrogen-bond acceptors (Lipinski definition) is 18. The Hall–Kier alpha value is -4.46. The van der Waals surface area contributed by atoms with Crippen LogP contribution in [0.3, 0.4) is 0 Å². The van der Waals surface area contributed by atoms with Crippen LogP contribution in [0, 0.1) is 0 Å². The molecule has 6 aliphatic heterocycles. The van der Waals surface area contributed by atoms with Gasteiger partial charge in [0.15, 0.2) is 36.2 Å². The van der Waals surface area contributed by atoms with E-state index < -0.39 is 114 Å². The summed E-state index contributed by atoms with van der Waals surface area (Å²) in [7, 11) is -3.15. The molecular formula is C78H109ClO18Si3. The number of ether oxygens (including phenoxy) is 12. The Kier molecular flexibility index (Phi) is 24.9. The molecule has 100 heavy (non-hydrogen) atoms. The Bertz CT molecular complexity index is 3230. The summed E-state index contributed by atoms with van der Waals surface area (Å²) in [6.45, 7) is 30.1. The highest BCUT2D eigenvalue weighted by Gasteiger charge is 2.67. The zero-order chi connectivity index (χ0) is 73.0. The van der Waals surface area contributed by atoms with Gasteiger partial charge in [0.25, 0.3) is 16.6 Å². The Morgan fingerprint density at radius 3 is 0.760 bits per heavy atom. The monoisotopic (exact) mass is 1450 g/mol. The molecule has 0 saturated carbocycles. The van der Waals surface area contributed by atoms with Gasteiger partial charge < -0.3 is 86.1 Å². The summed E-state index contributed by atoms with van der Waals surface area (Å²) in [5.41, 5.74) is -3.36. The quantitative estimate of drug-likeness (QED) is 0.0442. The molecule has 6 heterocycles. The molecule has 4 N–H and O–H groups in total. The van der Waals surface area contributed by atoms with Gasteiger partial charge in [-0.2, -0.15) is 11.1 Å². The second-order valence-electron chi connectivity index (χ2n) is 31.1. The summed E-state index contributed by atoms with van der Waals surface area (Å²) in [4.78, 5) is 0. The third kappa shape index (κ3) is 15.7. The molecule has 0 amide bonds. The van der Waals surface area contributed by atoms with E-state index in [1.54, 1.807) is 28.1 Å². The SMILES string of the molecule is CC(C)(C)[Si](Cl)(c1ccccc1)c1ccccc1.CO[C@@H]1[C@H]2OC(C)(C)O[C@H]2OC1(CO)CO.CO[C@@H]1[C@H]2OC(C)(C)O[C@H]2O[C@@]1(CO)CO[Si](c1ccccc1)(c1ccccc1)C(C)(C)C.CO[C@@H]1[C@H]2OC(C)(C)O[C@H]2O[C@]1(CO)CO[Si](c1ccccc1)(c1ccccc1)C(C)(C)C. The predicted molar refractivity (Wildman–Crippen MR) is 394 cm³/mol. The molecule has 0 unspecified atom stereocenters. The number of hydrogen-bond donors (Lipinski definition) is 4. The van der Waals surface area contributed by atoms with Crippen LogP contribution in [0.1, 0.15) is 104 Å². The molecular weight excluding hydrogens is 1340 g/mol. The zero-order valence-corrected chi connectivity index (χ0v) is 65.4. The minimum atomic E-state index is -2.82. The molecule has 11 atom stereocenters. The minimum Gasteiger partial charge on any atom is -0.404 e. The highest BCUT2D eigenvalue weighted by atomic mass is 35.6. The van der Waals surface area contributed by atoms with Gasteiger partial charge in [0, 0.05) is 21.3 Å². The summed E-state index contributed by atoms with van der Waals surface area (Å²) < 4.78 is 84.4. The van der Waals surface area contributed by atoms with Gasteiger partial charge in [-0.3, -0.25) is 0 Å².